The zero-order valence-electron chi connectivity index (χ0n) is 7.11. The van der Waals surface area contributed by atoms with Gasteiger partial charge < -0.3 is 14.9 Å². The van der Waals surface area contributed by atoms with Gasteiger partial charge in [0.1, 0.15) is 5.75 Å². The Morgan fingerprint density at radius 3 is 2.93 bits per heavy atom. The number of halogens is 1. The van der Waals surface area contributed by atoms with Crippen molar-refractivity contribution in [3.63, 3.8) is 0 Å². The van der Waals surface area contributed by atoms with Crippen molar-refractivity contribution < 1.29 is 9.15 Å². The first-order valence-corrected chi connectivity index (χ1v) is 4.68. The number of aromatic nitrogens is 1. The molecule has 2 N–H and O–H groups in total. The number of oxazole rings is 1. The van der Waals surface area contributed by atoms with Crippen molar-refractivity contribution in [1.29, 1.82) is 0 Å². The van der Waals surface area contributed by atoms with Crippen molar-refractivity contribution in [1.82, 2.24) is 4.98 Å². The van der Waals surface area contributed by atoms with Crippen LogP contribution in [0.25, 0.3) is 0 Å². The summed E-state index contributed by atoms with van der Waals surface area (Å²) in [6, 6.07) is 7.36. The van der Waals surface area contributed by atoms with Gasteiger partial charge >= 0.3 is 6.08 Å². The maximum absolute atomic E-state index is 5.34. The summed E-state index contributed by atoms with van der Waals surface area (Å²) < 4.78 is 11.2. The quantitative estimate of drug-likeness (QED) is 0.896. The summed E-state index contributed by atoms with van der Waals surface area (Å²) >= 11 is 3.32. The smallest absolute Gasteiger partial charge is 0.400 e. The van der Waals surface area contributed by atoms with Crippen LogP contribution in [-0.2, 0) is 0 Å². The number of ether oxygens (including phenoxy) is 1. The second-order valence-corrected chi connectivity index (χ2v) is 3.50. The van der Waals surface area contributed by atoms with Crippen LogP contribution in [0.15, 0.2) is 39.4 Å². The van der Waals surface area contributed by atoms with E-state index in [0.29, 0.717) is 5.75 Å². The van der Waals surface area contributed by atoms with Crippen molar-refractivity contribution >= 4 is 21.8 Å². The van der Waals surface area contributed by atoms with E-state index in [0.717, 1.165) is 4.47 Å². The van der Waals surface area contributed by atoms with Crippen molar-refractivity contribution in [2.45, 2.75) is 0 Å². The Morgan fingerprint density at radius 1 is 1.43 bits per heavy atom. The topological polar surface area (TPSA) is 61.3 Å². The second kappa shape index (κ2) is 3.71. The zero-order chi connectivity index (χ0) is 9.97. The average Bonchev–Trinajstić information content (AvgIpc) is 2.51. The van der Waals surface area contributed by atoms with E-state index < -0.39 is 0 Å². The monoisotopic (exact) mass is 254 g/mol. The molecule has 2 rings (SSSR count). The SMILES string of the molecule is Nc1cnc(Oc2cccc(Br)c2)o1. The Labute approximate surface area is 88.8 Å². The van der Waals surface area contributed by atoms with Crippen LogP contribution >= 0.6 is 15.9 Å². The van der Waals surface area contributed by atoms with Gasteiger partial charge in [-0.15, -0.1) is 0 Å². The summed E-state index contributed by atoms with van der Waals surface area (Å²) in [6.07, 6.45) is 1.54. The Balaban J connectivity index is 2.18. The second-order valence-electron chi connectivity index (χ2n) is 2.59. The van der Waals surface area contributed by atoms with Gasteiger partial charge in [-0.2, -0.15) is 4.98 Å². The Morgan fingerprint density at radius 2 is 2.29 bits per heavy atom. The van der Waals surface area contributed by atoms with Gasteiger partial charge in [0.05, 0.1) is 6.20 Å². The van der Waals surface area contributed by atoms with Gasteiger partial charge in [-0.05, 0) is 18.2 Å². The number of benzene rings is 1. The highest BCUT2D eigenvalue weighted by Gasteiger charge is 2.03. The highest BCUT2D eigenvalue weighted by molar-refractivity contribution is 9.10. The van der Waals surface area contributed by atoms with E-state index in [4.69, 9.17) is 14.9 Å². The van der Waals surface area contributed by atoms with Gasteiger partial charge in [0.2, 0.25) is 5.88 Å². The van der Waals surface area contributed by atoms with Crippen molar-refractivity contribution in [3.8, 4) is 11.8 Å². The van der Waals surface area contributed by atoms with Crippen molar-refractivity contribution in [2.24, 2.45) is 0 Å². The van der Waals surface area contributed by atoms with Crippen LogP contribution in [0.3, 0.4) is 0 Å². The lowest BCUT2D eigenvalue weighted by molar-refractivity contribution is 0.336. The van der Waals surface area contributed by atoms with E-state index in [-0.39, 0.29) is 12.0 Å². The molecule has 1 aromatic heterocycles. The van der Waals surface area contributed by atoms with E-state index in [1.54, 1.807) is 12.1 Å². The molecule has 0 aliphatic rings. The summed E-state index contributed by atoms with van der Waals surface area (Å²) in [7, 11) is 0. The predicted octanol–water partition coefficient (Wildman–Crippen LogP) is 2.81. The molecule has 0 aliphatic carbocycles. The van der Waals surface area contributed by atoms with Crippen LogP contribution in [0.1, 0.15) is 0 Å². The third kappa shape index (κ3) is 2.05. The molecule has 72 valence electrons. The van der Waals surface area contributed by atoms with Gasteiger partial charge in [-0.25, -0.2) is 0 Å². The molecule has 0 saturated heterocycles. The Hall–Kier alpha value is -1.49. The van der Waals surface area contributed by atoms with Crippen molar-refractivity contribution in [2.75, 3.05) is 5.73 Å². The maximum Gasteiger partial charge on any atom is 0.400 e. The van der Waals surface area contributed by atoms with Gasteiger partial charge in [-0.3, -0.25) is 0 Å². The first-order chi connectivity index (χ1) is 6.74. The Bertz CT molecular complexity index is 442. The number of nitrogens with zero attached hydrogens (tertiary/aromatic N) is 1. The maximum atomic E-state index is 5.34. The summed E-state index contributed by atoms with van der Waals surface area (Å²) in [5, 5.41) is 0. The van der Waals surface area contributed by atoms with Crippen LogP contribution in [-0.4, -0.2) is 4.98 Å². The molecule has 0 radical (unpaired) electrons. The number of hydrogen-bond donors (Lipinski definition) is 1. The molecule has 0 amide bonds. The summed E-state index contributed by atoms with van der Waals surface area (Å²) in [4.78, 5) is 3.81. The van der Waals surface area contributed by atoms with Crippen LogP contribution in [0, 0.1) is 0 Å². The highest BCUT2D eigenvalue weighted by atomic mass is 79.9. The molecule has 0 aliphatic heterocycles. The number of rotatable bonds is 2. The molecular formula is C9H7BrN2O2. The summed E-state index contributed by atoms with van der Waals surface area (Å²) in [5.74, 6) is 0.872. The van der Waals surface area contributed by atoms with Gasteiger partial charge in [0.25, 0.3) is 0 Å². The summed E-state index contributed by atoms with van der Waals surface area (Å²) in [6.45, 7) is 0. The molecule has 5 heteroatoms. The number of hydrogen-bond acceptors (Lipinski definition) is 4. The van der Waals surface area contributed by atoms with Gasteiger partial charge in [0, 0.05) is 4.47 Å². The molecule has 0 unspecified atom stereocenters. The van der Waals surface area contributed by atoms with E-state index in [1.807, 2.05) is 12.1 Å². The molecule has 0 saturated carbocycles. The molecule has 0 bridgehead atoms. The minimum Gasteiger partial charge on any atom is -0.411 e. The molecule has 2 aromatic rings. The number of anilines is 1. The fraction of sp³-hybridized carbons (Fsp3) is 0. The normalized spacial score (nSPS) is 10.1. The van der Waals surface area contributed by atoms with E-state index >= 15 is 0 Å². The van der Waals surface area contributed by atoms with Crippen molar-refractivity contribution in [3.05, 3.63) is 34.9 Å². The lowest BCUT2D eigenvalue weighted by Crippen LogP contribution is -1.83. The molecular weight excluding hydrogens is 248 g/mol. The largest absolute Gasteiger partial charge is 0.411 e. The minimum atomic E-state index is 0.139. The Kier molecular flexibility index (Phi) is 2.41. The fourth-order valence-corrected chi connectivity index (χ4v) is 1.33. The average molecular weight is 255 g/mol. The molecule has 0 spiro atoms. The molecule has 1 aromatic carbocycles. The first-order valence-electron chi connectivity index (χ1n) is 3.89. The predicted molar refractivity (Wildman–Crippen MR) is 55.1 cm³/mol. The molecule has 4 nitrogen and oxygen atoms in total. The lowest BCUT2D eigenvalue weighted by Gasteiger charge is -1.99. The minimum absolute atomic E-state index is 0.139. The van der Waals surface area contributed by atoms with Crippen LogP contribution in [0.4, 0.5) is 5.88 Å². The fourth-order valence-electron chi connectivity index (χ4n) is 0.948. The zero-order valence-corrected chi connectivity index (χ0v) is 8.69. The molecule has 0 fully saturated rings. The van der Waals surface area contributed by atoms with Gasteiger partial charge in [-0.1, -0.05) is 22.0 Å². The first kappa shape index (κ1) is 9.08. The van der Waals surface area contributed by atoms with E-state index in [9.17, 15) is 0 Å². The molecule has 14 heavy (non-hydrogen) atoms. The summed E-state index contributed by atoms with van der Waals surface area (Å²) in [5.41, 5.74) is 5.34. The van der Waals surface area contributed by atoms with Crippen LogP contribution in [0.2, 0.25) is 0 Å². The molecule has 1 heterocycles. The van der Waals surface area contributed by atoms with Crippen LogP contribution in [0.5, 0.6) is 11.8 Å². The highest BCUT2D eigenvalue weighted by Crippen LogP contribution is 2.24. The van der Waals surface area contributed by atoms with E-state index in [1.165, 1.54) is 6.20 Å². The number of nitrogen functional groups attached to an aromatic ring is 1. The van der Waals surface area contributed by atoms with Gasteiger partial charge in [0.15, 0.2) is 0 Å². The standard InChI is InChI=1S/C9H7BrN2O2/c10-6-2-1-3-7(4-6)13-9-12-5-8(11)14-9/h1-5H,11H2. The molecule has 0 atom stereocenters. The number of nitrogens with two attached hydrogens (primary N) is 1. The third-order valence-electron chi connectivity index (χ3n) is 1.50. The van der Waals surface area contributed by atoms with E-state index in [2.05, 4.69) is 20.9 Å². The van der Waals surface area contributed by atoms with Crippen LogP contribution < -0.4 is 10.5 Å². The third-order valence-corrected chi connectivity index (χ3v) is 2.00. The lowest BCUT2D eigenvalue weighted by atomic mass is 10.3.